The highest BCUT2D eigenvalue weighted by Gasteiger charge is 2.15. The highest BCUT2D eigenvalue weighted by atomic mass is 127. The molecule has 0 radical (unpaired) electrons. The van der Waals surface area contributed by atoms with E-state index in [9.17, 15) is 4.79 Å². The maximum Gasteiger partial charge on any atom is 0.275 e. The van der Waals surface area contributed by atoms with E-state index in [1.165, 1.54) is 0 Å². The van der Waals surface area contributed by atoms with Crippen molar-refractivity contribution in [2.75, 3.05) is 5.32 Å². The molecule has 2 aromatic heterocycles. The first kappa shape index (κ1) is 16.9. The average Bonchev–Trinajstić information content (AvgIpc) is 2.88. The van der Waals surface area contributed by atoms with E-state index < -0.39 is 0 Å². The predicted molar refractivity (Wildman–Crippen MR) is 103 cm³/mol. The molecule has 0 saturated heterocycles. The number of pyridine rings is 1. The third kappa shape index (κ3) is 3.59. The molecule has 7 heteroatoms. The van der Waals surface area contributed by atoms with Crippen molar-refractivity contribution in [3.8, 4) is 5.82 Å². The topological polar surface area (TPSA) is 59.8 Å². The van der Waals surface area contributed by atoms with Crippen molar-refractivity contribution in [1.29, 1.82) is 0 Å². The van der Waals surface area contributed by atoms with Gasteiger partial charge in [0.15, 0.2) is 5.82 Å². The Morgan fingerprint density at radius 2 is 1.88 bits per heavy atom. The highest BCUT2D eigenvalue weighted by Crippen LogP contribution is 2.19. The molecule has 0 aliphatic carbocycles. The fourth-order valence-corrected chi connectivity index (χ4v) is 2.84. The van der Waals surface area contributed by atoms with Gasteiger partial charge in [0.2, 0.25) is 0 Å². The van der Waals surface area contributed by atoms with Gasteiger partial charge < -0.3 is 5.32 Å². The van der Waals surface area contributed by atoms with Crippen LogP contribution in [0.4, 0.5) is 5.69 Å². The van der Waals surface area contributed by atoms with Crippen molar-refractivity contribution in [3.63, 3.8) is 0 Å². The molecular formula is C17H14ClIN4O. The van der Waals surface area contributed by atoms with E-state index in [2.05, 4.69) is 38.0 Å². The molecule has 0 unspecified atom stereocenters. The molecular weight excluding hydrogens is 439 g/mol. The van der Waals surface area contributed by atoms with Crippen LogP contribution in [0.15, 0.2) is 42.5 Å². The van der Waals surface area contributed by atoms with Crippen LogP contribution in [-0.2, 0) is 0 Å². The first-order valence-corrected chi connectivity index (χ1v) is 8.67. The third-order valence-corrected chi connectivity index (χ3v) is 4.40. The van der Waals surface area contributed by atoms with Gasteiger partial charge in [-0.15, -0.1) is 0 Å². The quantitative estimate of drug-likeness (QED) is 0.600. The van der Waals surface area contributed by atoms with Crippen molar-refractivity contribution >= 4 is 45.8 Å². The van der Waals surface area contributed by atoms with Gasteiger partial charge in [0.25, 0.3) is 5.91 Å². The molecule has 0 aliphatic heterocycles. The van der Waals surface area contributed by atoms with Crippen LogP contribution < -0.4 is 5.32 Å². The summed E-state index contributed by atoms with van der Waals surface area (Å²) in [5.74, 6) is 0.197. The van der Waals surface area contributed by atoms with Crippen molar-refractivity contribution in [3.05, 3.63) is 68.1 Å². The van der Waals surface area contributed by atoms with Crippen LogP contribution in [0.5, 0.6) is 0 Å². The maximum absolute atomic E-state index is 12.5. The molecule has 3 rings (SSSR count). The number of aryl methyl sites for hydroxylation is 2. The number of amides is 1. The molecule has 0 spiro atoms. The zero-order valence-electron chi connectivity index (χ0n) is 13.0. The van der Waals surface area contributed by atoms with Crippen LogP contribution in [-0.4, -0.2) is 20.7 Å². The number of benzene rings is 1. The van der Waals surface area contributed by atoms with Gasteiger partial charge in [-0.25, -0.2) is 9.67 Å². The highest BCUT2D eigenvalue weighted by molar-refractivity contribution is 14.1. The van der Waals surface area contributed by atoms with Crippen LogP contribution in [0, 0.1) is 17.4 Å². The van der Waals surface area contributed by atoms with Gasteiger partial charge in [0.1, 0.15) is 5.69 Å². The third-order valence-electron chi connectivity index (χ3n) is 3.38. The van der Waals surface area contributed by atoms with Crippen LogP contribution in [0.2, 0.25) is 5.02 Å². The number of aromatic nitrogens is 3. The van der Waals surface area contributed by atoms with Gasteiger partial charge in [-0.1, -0.05) is 11.6 Å². The van der Waals surface area contributed by atoms with Gasteiger partial charge in [-0.05, 0) is 78.9 Å². The summed E-state index contributed by atoms with van der Waals surface area (Å²) in [5, 5.41) is 7.48. The number of nitrogens with one attached hydrogen (secondary N) is 1. The Bertz CT molecular complexity index is 905. The molecule has 0 saturated carbocycles. The lowest BCUT2D eigenvalue weighted by Gasteiger charge is -2.09. The van der Waals surface area contributed by atoms with Gasteiger partial charge in [-0.2, -0.15) is 5.10 Å². The summed E-state index contributed by atoms with van der Waals surface area (Å²) in [7, 11) is 0. The molecule has 2 heterocycles. The second-order valence-electron chi connectivity index (χ2n) is 5.30. The van der Waals surface area contributed by atoms with Gasteiger partial charge in [0.05, 0.1) is 10.7 Å². The molecule has 0 atom stereocenters. The summed E-state index contributed by atoms with van der Waals surface area (Å²) >= 11 is 8.37. The number of nitrogens with zero attached hydrogens (tertiary/aromatic N) is 3. The lowest BCUT2D eigenvalue weighted by atomic mass is 10.3. The number of carbonyl (C=O) groups is 1. The van der Waals surface area contributed by atoms with Crippen molar-refractivity contribution in [2.24, 2.45) is 0 Å². The number of anilines is 1. The lowest BCUT2D eigenvalue weighted by molar-refractivity contribution is 0.102. The average molecular weight is 453 g/mol. The monoisotopic (exact) mass is 452 g/mol. The number of hydrogen-bond donors (Lipinski definition) is 1. The number of hydrogen-bond acceptors (Lipinski definition) is 3. The second-order valence-corrected chi connectivity index (χ2v) is 6.95. The Labute approximate surface area is 158 Å². The number of carbonyl (C=O) groups excluding carboxylic acids is 1. The Morgan fingerprint density at radius 3 is 2.50 bits per heavy atom. The Balaban J connectivity index is 1.92. The molecule has 5 nitrogen and oxygen atoms in total. The summed E-state index contributed by atoms with van der Waals surface area (Å²) in [6.45, 7) is 3.84. The first-order chi connectivity index (χ1) is 11.4. The molecule has 0 aliphatic rings. The normalized spacial score (nSPS) is 10.7. The molecule has 24 heavy (non-hydrogen) atoms. The zero-order chi connectivity index (χ0) is 17.3. The lowest BCUT2D eigenvalue weighted by Crippen LogP contribution is -2.16. The summed E-state index contributed by atoms with van der Waals surface area (Å²) in [6, 6.07) is 12.8. The van der Waals surface area contributed by atoms with Gasteiger partial charge >= 0.3 is 0 Å². The predicted octanol–water partition coefficient (Wildman–Crippen LogP) is 4.39. The van der Waals surface area contributed by atoms with Crippen LogP contribution in [0.25, 0.3) is 5.82 Å². The molecule has 3 aromatic rings. The minimum atomic E-state index is -0.357. The Kier molecular flexibility index (Phi) is 4.86. The zero-order valence-corrected chi connectivity index (χ0v) is 16.0. The van der Waals surface area contributed by atoms with E-state index in [0.29, 0.717) is 16.5 Å². The fourth-order valence-electron chi connectivity index (χ4n) is 2.29. The first-order valence-electron chi connectivity index (χ1n) is 7.21. The molecule has 1 N–H and O–H groups in total. The Hall–Kier alpha value is -1.93. The van der Waals surface area contributed by atoms with E-state index in [4.69, 9.17) is 11.6 Å². The van der Waals surface area contributed by atoms with Crippen LogP contribution >= 0.6 is 34.2 Å². The minimum absolute atomic E-state index is 0.167. The SMILES string of the molecule is Cc1cc(C)n(-c2ccc(Cl)c(C(=O)Nc3ccc(I)cc3)n2)n1. The standard InChI is InChI=1S/C17H14ClIN4O/c1-10-9-11(2)23(22-10)15-8-7-14(18)16(21-15)17(24)20-13-5-3-12(19)4-6-13/h3-9H,1-2H3,(H,20,24). The van der Waals surface area contributed by atoms with E-state index in [0.717, 1.165) is 15.0 Å². The fraction of sp³-hybridized carbons (Fsp3) is 0.118. The van der Waals surface area contributed by atoms with Crippen molar-refractivity contribution < 1.29 is 4.79 Å². The summed E-state index contributed by atoms with van der Waals surface area (Å²) < 4.78 is 2.78. The van der Waals surface area contributed by atoms with E-state index >= 15 is 0 Å². The van der Waals surface area contributed by atoms with E-state index in [1.54, 1.807) is 16.8 Å². The molecule has 1 aromatic carbocycles. The molecule has 122 valence electrons. The van der Waals surface area contributed by atoms with E-state index in [-0.39, 0.29) is 11.6 Å². The molecule has 1 amide bonds. The molecule has 0 bridgehead atoms. The van der Waals surface area contributed by atoms with Crippen molar-refractivity contribution in [1.82, 2.24) is 14.8 Å². The smallest absolute Gasteiger partial charge is 0.275 e. The summed E-state index contributed by atoms with van der Waals surface area (Å²) in [4.78, 5) is 16.9. The second kappa shape index (κ2) is 6.90. The van der Waals surface area contributed by atoms with Crippen LogP contribution in [0.3, 0.4) is 0 Å². The van der Waals surface area contributed by atoms with Crippen molar-refractivity contribution in [2.45, 2.75) is 13.8 Å². The summed E-state index contributed by atoms with van der Waals surface area (Å²) in [6.07, 6.45) is 0. The van der Waals surface area contributed by atoms with Crippen LogP contribution in [0.1, 0.15) is 21.9 Å². The van der Waals surface area contributed by atoms with Gasteiger partial charge in [-0.3, -0.25) is 4.79 Å². The minimum Gasteiger partial charge on any atom is -0.321 e. The van der Waals surface area contributed by atoms with Gasteiger partial charge in [0, 0.05) is 15.0 Å². The Morgan fingerprint density at radius 1 is 1.17 bits per heavy atom. The largest absolute Gasteiger partial charge is 0.321 e. The summed E-state index contributed by atoms with van der Waals surface area (Å²) in [5.41, 5.74) is 2.68. The number of halogens is 2. The number of rotatable bonds is 3. The maximum atomic E-state index is 12.5. The molecule has 0 fully saturated rings. The van der Waals surface area contributed by atoms with E-state index in [1.807, 2.05) is 44.2 Å².